The minimum atomic E-state index is 0.315. The van der Waals surface area contributed by atoms with Crippen molar-refractivity contribution >= 4 is 11.9 Å². The van der Waals surface area contributed by atoms with Gasteiger partial charge in [-0.1, -0.05) is 10.3 Å². The Labute approximate surface area is 71.2 Å². The van der Waals surface area contributed by atoms with Crippen LogP contribution in [0.5, 0.6) is 0 Å². The zero-order chi connectivity index (χ0) is 8.23. The standard InChI is InChI=1S/C8H11N2O2/c1-2-8(10-12-4-1)7-3-5-11-9-6-7/h1,6-7H,2-5H2. The Kier molecular flexibility index (Phi) is 2.25. The van der Waals surface area contributed by atoms with Crippen molar-refractivity contribution in [2.24, 2.45) is 16.2 Å². The van der Waals surface area contributed by atoms with Gasteiger partial charge in [0.2, 0.25) is 0 Å². The second kappa shape index (κ2) is 3.56. The van der Waals surface area contributed by atoms with Gasteiger partial charge in [-0.2, -0.15) is 0 Å². The van der Waals surface area contributed by atoms with Crippen LogP contribution in [0, 0.1) is 12.3 Å². The fraction of sp³-hybridized carbons (Fsp3) is 0.625. The fourth-order valence-electron chi connectivity index (χ4n) is 1.31. The predicted molar refractivity (Wildman–Crippen MR) is 44.9 cm³/mol. The third-order valence-corrected chi connectivity index (χ3v) is 1.99. The lowest BCUT2D eigenvalue weighted by Crippen LogP contribution is -2.24. The van der Waals surface area contributed by atoms with E-state index in [1.807, 2.05) is 0 Å². The summed E-state index contributed by atoms with van der Waals surface area (Å²) in [5.41, 5.74) is 1.06. The predicted octanol–water partition coefficient (Wildman–Crippen LogP) is 0.989. The van der Waals surface area contributed by atoms with Gasteiger partial charge in [-0.3, -0.25) is 0 Å². The molecule has 0 saturated heterocycles. The second-order valence-electron chi connectivity index (χ2n) is 2.85. The molecule has 0 amide bonds. The van der Waals surface area contributed by atoms with E-state index in [-0.39, 0.29) is 0 Å². The molecule has 1 atom stereocenters. The van der Waals surface area contributed by atoms with Crippen LogP contribution in [0.2, 0.25) is 0 Å². The summed E-state index contributed by atoms with van der Waals surface area (Å²) >= 11 is 0. The molecule has 2 aliphatic rings. The summed E-state index contributed by atoms with van der Waals surface area (Å²) in [5.74, 6) is 0.315. The highest BCUT2D eigenvalue weighted by Crippen LogP contribution is 2.15. The van der Waals surface area contributed by atoms with Crippen LogP contribution in [0.15, 0.2) is 10.3 Å². The molecule has 4 heteroatoms. The van der Waals surface area contributed by atoms with Crippen molar-refractivity contribution in [3.8, 4) is 0 Å². The van der Waals surface area contributed by atoms with Crippen LogP contribution in [0.25, 0.3) is 0 Å². The van der Waals surface area contributed by atoms with Crippen molar-refractivity contribution in [2.75, 3.05) is 13.2 Å². The van der Waals surface area contributed by atoms with E-state index < -0.39 is 0 Å². The van der Waals surface area contributed by atoms with E-state index in [2.05, 4.69) is 16.7 Å². The van der Waals surface area contributed by atoms with E-state index in [1.54, 1.807) is 6.21 Å². The molecule has 0 saturated carbocycles. The number of nitrogens with zero attached hydrogens (tertiary/aromatic N) is 2. The van der Waals surface area contributed by atoms with Crippen LogP contribution in [0.4, 0.5) is 0 Å². The van der Waals surface area contributed by atoms with Crippen LogP contribution in [0.3, 0.4) is 0 Å². The summed E-state index contributed by atoms with van der Waals surface area (Å²) in [6, 6.07) is 0. The first-order valence-corrected chi connectivity index (χ1v) is 4.12. The van der Waals surface area contributed by atoms with Crippen molar-refractivity contribution in [1.29, 1.82) is 0 Å². The first-order chi connectivity index (χ1) is 5.97. The molecule has 0 aromatic rings. The molecule has 0 aromatic heterocycles. The summed E-state index contributed by atoms with van der Waals surface area (Å²) in [4.78, 5) is 9.82. The van der Waals surface area contributed by atoms with E-state index in [0.717, 1.165) is 18.6 Å². The van der Waals surface area contributed by atoms with Crippen LogP contribution in [-0.4, -0.2) is 25.1 Å². The second-order valence-corrected chi connectivity index (χ2v) is 2.85. The van der Waals surface area contributed by atoms with Crippen LogP contribution < -0.4 is 0 Å². The van der Waals surface area contributed by atoms with Gasteiger partial charge in [-0.25, -0.2) is 0 Å². The highest BCUT2D eigenvalue weighted by atomic mass is 16.6. The monoisotopic (exact) mass is 167 g/mol. The Morgan fingerprint density at radius 2 is 2.42 bits per heavy atom. The van der Waals surface area contributed by atoms with E-state index >= 15 is 0 Å². The molecule has 12 heavy (non-hydrogen) atoms. The molecule has 2 aliphatic heterocycles. The molecule has 2 rings (SSSR count). The van der Waals surface area contributed by atoms with Crippen LogP contribution >= 0.6 is 0 Å². The van der Waals surface area contributed by atoms with Crippen LogP contribution in [-0.2, 0) is 9.68 Å². The van der Waals surface area contributed by atoms with Gasteiger partial charge in [0, 0.05) is 12.3 Å². The minimum Gasteiger partial charge on any atom is -0.396 e. The highest BCUT2D eigenvalue weighted by molar-refractivity contribution is 5.99. The molecule has 0 aromatic carbocycles. The van der Waals surface area contributed by atoms with Crippen LogP contribution in [0.1, 0.15) is 12.8 Å². The first-order valence-electron chi connectivity index (χ1n) is 4.12. The van der Waals surface area contributed by atoms with Gasteiger partial charge < -0.3 is 9.68 Å². The lowest BCUT2D eigenvalue weighted by atomic mass is 9.97. The first kappa shape index (κ1) is 7.58. The average Bonchev–Trinajstić information content (AvgIpc) is 2.21. The zero-order valence-corrected chi connectivity index (χ0v) is 6.77. The Hall–Kier alpha value is -1.06. The molecule has 0 bridgehead atoms. The van der Waals surface area contributed by atoms with Crippen molar-refractivity contribution < 1.29 is 9.68 Å². The van der Waals surface area contributed by atoms with E-state index in [0.29, 0.717) is 19.1 Å². The summed E-state index contributed by atoms with van der Waals surface area (Å²) in [6.45, 7) is 1.31. The largest absolute Gasteiger partial charge is 0.396 e. The molecule has 4 nitrogen and oxygen atoms in total. The lowest BCUT2D eigenvalue weighted by molar-refractivity contribution is 0.124. The Bertz CT molecular complexity index is 213. The van der Waals surface area contributed by atoms with Gasteiger partial charge in [0.05, 0.1) is 11.9 Å². The normalized spacial score (nSPS) is 28.7. The third-order valence-electron chi connectivity index (χ3n) is 1.99. The number of hydrogen-bond donors (Lipinski definition) is 0. The Morgan fingerprint density at radius 3 is 3.08 bits per heavy atom. The average molecular weight is 167 g/mol. The quantitative estimate of drug-likeness (QED) is 0.584. The van der Waals surface area contributed by atoms with Gasteiger partial charge in [0.25, 0.3) is 0 Å². The Balaban J connectivity index is 2.01. The van der Waals surface area contributed by atoms with E-state index in [4.69, 9.17) is 9.68 Å². The molecule has 1 radical (unpaired) electrons. The number of rotatable bonds is 1. The fourth-order valence-corrected chi connectivity index (χ4v) is 1.31. The van der Waals surface area contributed by atoms with Gasteiger partial charge in [0.1, 0.15) is 13.2 Å². The SMILES string of the molecule is [CH]1CON=C(C2C=NOCC2)C1. The smallest absolute Gasteiger partial charge is 0.120 e. The topological polar surface area (TPSA) is 43.2 Å². The van der Waals surface area contributed by atoms with E-state index in [9.17, 15) is 0 Å². The van der Waals surface area contributed by atoms with Crippen molar-refractivity contribution in [3.63, 3.8) is 0 Å². The number of hydrogen-bond acceptors (Lipinski definition) is 4. The maximum Gasteiger partial charge on any atom is 0.120 e. The van der Waals surface area contributed by atoms with Gasteiger partial charge in [0.15, 0.2) is 0 Å². The summed E-state index contributed by atoms with van der Waals surface area (Å²) in [7, 11) is 0. The molecule has 65 valence electrons. The molecule has 0 fully saturated rings. The van der Waals surface area contributed by atoms with Crippen molar-refractivity contribution in [3.05, 3.63) is 6.42 Å². The molecular formula is C8H11N2O2. The molecule has 0 aliphatic carbocycles. The lowest BCUT2D eigenvalue weighted by Gasteiger charge is -2.19. The Morgan fingerprint density at radius 1 is 1.42 bits per heavy atom. The summed E-state index contributed by atoms with van der Waals surface area (Å²) < 4.78 is 0. The molecular weight excluding hydrogens is 156 g/mol. The highest BCUT2D eigenvalue weighted by Gasteiger charge is 2.19. The summed E-state index contributed by atoms with van der Waals surface area (Å²) in [6.07, 6.45) is 5.74. The minimum absolute atomic E-state index is 0.315. The van der Waals surface area contributed by atoms with Crippen molar-refractivity contribution in [1.82, 2.24) is 0 Å². The van der Waals surface area contributed by atoms with Gasteiger partial charge >= 0.3 is 0 Å². The zero-order valence-electron chi connectivity index (χ0n) is 6.77. The molecule has 2 heterocycles. The van der Waals surface area contributed by atoms with E-state index in [1.165, 1.54) is 0 Å². The summed E-state index contributed by atoms with van der Waals surface area (Å²) in [5, 5.41) is 7.75. The maximum atomic E-state index is 4.97. The maximum absolute atomic E-state index is 4.97. The van der Waals surface area contributed by atoms with Gasteiger partial charge in [-0.15, -0.1) is 0 Å². The molecule has 0 N–H and O–H groups in total. The molecule has 0 spiro atoms. The third kappa shape index (κ3) is 1.57. The number of oxime groups is 2. The van der Waals surface area contributed by atoms with Gasteiger partial charge in [-0.05, 0) is 12.8 Å². The van der Waals surface area contributed by atoms with Crippen molar-refractivity contribution in [2.45, 2.75) is 12.8 Å². The molecule has 1 unspecified atom stereocenters.